The first-order valence-electron chi connectivity index (χ1n) is 10.7. The van der Waals surface area contributed by atoms with Gasteiger partial charge in [0.25, 0.3) is 0 Å². The Bertz CT molecular complexity index is 927. The smallest absolute Gasteiger partial charge is 0.194 e. The molecule has 1 aliphatic heterocycles. The lowest BCUT2D eigenvalue weighted by Gasteiger charge is -2.37. The fraction of sp³-hybridized carbons (Fsp3) is 0.500. The van der Waals surface area contributed by atoms with Crippen molar-refractivity contribution in [1.82, 2.24) is 4.90 Å². The Hall–Kier alpha value is -1.72. The van der Waals surface area contributed by atoms with E-state index in [-0.39, 0.29) is 11.9 Å². The Labute approximate surface area is 173 Å². The first-order chi connectivity index (χ1) is 13.9. The maximum Gasteiger partial charge on any atom is 0.194 e. The van der Waals surface area contributed by atoms with E-state index in [1.165, 1.54) is 17.7 Å². The summed E-state index contributed by atoms with van der Waals surface area (Å²) < 4.78 is 40.3. The van der Waals surface area contributed by atoms with Gasteiger partial charge in [0.1, 0.15) is 11.2 Å². The summed E-state index contributed by atoms with van der Waals surface area (Å²) in [7, 11) is -3.41. The van der Waals surface area contributed by atoms with Crippen LogP contribution in [0.1, 0.15) is 51.0 Å². The monoisotopic (exact) mass is 415 g/mol. The standard InChI is InChI=1S/C24H30FNO2S/c1-17(2)8-13-24(29(27,28)22-6-4-3-5-7-22)26-16-19-14-21(26)15-23(19)18-9-11-20(25)12-10-18/h3-7,9-12,17,19,21,23-24H,8,13-16H2,1-2H3. The number of likely N-dealkylation sites (tertiary alicyclic amines) is 1. The molecule has 0 radical (unpaired) electrons. The fourth-order valence-electron chi connectivity index (χ4n) is 5.20. The van der Waals surface area contributed by atoms with E-state index in [1.54, 1.807) is 24.3 Å². The highest BCUT2D eigenvalue weighted by Crippen LogP contribution is 2.49. The van der Waals surface area contributed by atoms with Crippen LogP contribution in [0.15, 0.2) is 59.5 Å². The summed E-state index contributed by atoms with van der Waals surface area (Å²) in [6.07, 6.45) is 3.55. The summed E-state index contributed by atoms with van der Waals surface area (Å²) in [5, 5.41) is -0.462. The van der Waals surface area contributed by atoms with Gasteiger partial charge in [-0.25, -0.2) is 12.8 Å². The summed E-state index contributed by atoms with van der Waals surface area (Å²) in [6.45, 7) is 5.10. The zero-order valence-corrected chi connectivity index (χ0v) is 18.0. The fourth-order valence-corrected chi connectivity index (χ4v) is 7.11. The molecule has 5 heteroatoms. The predicted molar refractivity (Wildman–Crippen MR) is 114 cm³/mol. The molecule has 4 rings (SSSR count). The Balaban J connectivity index is 1.57. The summed E-state index contributed by atoms with van der Waals surface area (Å²) in [6, 6.07) is 16.0. The van der Waals surface area contributed by atoms with Crippen molar-refractivity contribution in [3.05, 3.63) is 66.0 Å². The highest BCUT2D eigenvalue weighted by Gasteiger charge is 2.49. The topological polar surface area (TPSA) is 37.4 Å². The maximum atomic E-state index is 13.5. The molecule has 0 amide bonds. The highest BCUT2D eigenvalue weighted by molar-refractivity contribution is 7.92. The molecule has 2 aliphatic rings. The molecule has 1 saturated heterocycles. The predicted octanol–water partition coefficient (Wildman–Crippen LogP) is 5.24. The van der Waals surface area contributed by atoms with E-state index < -0.39 is 15.2 Å². The number of nitrogens with zero attached hydrogens (tertiary/aromatic N) is 1. The molecular formula is C24H30FNO2S. The first kappa shape index (κ1) is 20.5. The molecule has 4 atom stereocenters. The molecule has 2 aromatic carbocycles. The quantitative estimate of drug-likeness (QED) is 0.621. The van der Waals surface area contributed by atoms with Crippen LogP contribution in [0, 0.1) is 17.7 Å². The van der Waals surface area contributed by atoms with Crippen LogP contribution < -0.4 is 0 Å². The molecule has 0 aromatic heterocycles. The second-order valence-electron chi connectivity index (χ2n) is 9.02. The zero-order chi connectivity index (χ0) is 20.6. The second-order valence-corrected chi connectivity index (χ2v) is 11.1. The van der Waals surface area contributed by atoms with Crippen molar-refractivity contribution < 1.29 is 12.8 Å². The van der Waals surface area contributed by atoms with Gasteiger partial charge in [-0.3, -0.25) is 4.90 Å². The number of halogens is 1. The van der Waals surface area contributed by atoms with Crippen LogP contribution in [-0.2, 0) is 9.84 Å². The molecule has 4 unspecified atom stereocenters. The van der Waals surface area contributed by atoms with Crippen LogP contribution in [0.4, 0.5) is 4.39 Å². The minimum Gasteiger partial charge on any atom is -0.284 e. The Kier molecular flexibility index (Phi) is 5.80. The minimum absolute atomic E-state index is 0.207. The van der Waals surface area contributed by atoms with E-state index in [9.17, 15) is 12.8 Å². The Morgan fingerprint density at radius 1 is 1.00 bits per heavy atom. The molecule has 1 saturated carbocycles. The van der Waals surface area contributed by atoms with Gasteiger partial charge in [-0.05, 0) is 73.3 Å². The van der Waals surface area contributed by atoms with Crippen molar-refractivity contribution in [1.29, 1.82) is 0 Å². The van der Waals surface area contributed by atoms with Gasteiger partial charge in [-0.2, -0.15) is 0 Å². The number of hydrogen-bond donors (Lipinski definition) is 0. The van der Waals surface area contributed by atoms with Gasteiger partial charge < -0.3 is 0 Å². The van der Waals surface area contributed by atoms with Crippen LogP contribution >= 0.6 is 0 Å². The van der Waals surface area contributed by atoms with Crippen LogP contribution in [0.25, 0.3) is 0 Å². The van der Waals surface area contributed by atoms with Crippen molar-refractivity contribution in [3.63, 3.8) is 0 Å². The molecule has 29 heavy (non-hydrogen) atoms. The molecular weight excluding hydrogens is 385 g/mol. The lowest BCUT2D eigenvalue weighted by molar-refractivity contribution is 0.169. The summed E-state index contributed by atoms with van der Waals surface area (Å²) in [4.78, 5) is 2.68. The van der Waals surface area contributed by atoms with E-state index in [1.807, 2.05) is 18.2 Å². The Morgan fingerprint density at radius 3 is 2.28 bits per heavy atom. The van der Waals surface area contributed by atoms with Gasteiger partial charge in [-0.1, -0.05) is 44.2 Å². The van der Waals surface area contributed by atoms with E-state index in [4.69, 9.17) is 0 Å². The normalized spacial score (nSPS) is 25.6. The van der Waals surface area contributed by atoms with Gasteiger partial charge in [0.2, 0.25) is 0 Å². The largest absolute Gasteiger partial charge is 0.284 e. The van der Waals surface area contributed by atoms with Gasteiger partial charge in [-0.15, -0.1) is 0 Å². The maximum absolute atomic E-state index is 13.5. The molecule has 1 aliphatic carbocycles. The lowest BCUT2D eigenvalue weighted by Crippen LogP contribution is -2.46. The van der Waals surface area contributed by atoms with Crippen molar-refractivity contribution >= 4 is 9.84 Å². The summed E-state index contributed by atoms with van der Waals surface area (Å²) in [5.41, 5.74) is 1.18. The summed E-state index contributed by atoms with van der Waals surface area (Å²) in [5.74, 6) is 1.11. The van der Waals surface area contributed by atoms with Gasteiger partial charge >= 0.3 is 0 Å². The first-order valence-corrected chi connectivity index (χ1v) is 12.2. The lowest BCUT2D eigenvalue weighted by atomic mass is 9.87. The minimum atomic E-state index is -3.41. The van der Waals surface area contributed by atoms with Gasteiger partial charge in [0.15, 0.2) is 9.84 Å². The van der Waals surface area contributed by atoms with E-state index in [2.05, 4.69) is 18.7 Å². The van der Waals surface area contributed by atoms with Crippen LogP contribution in [0.2, 0.25) is 0 Å². The van der Waals surface area contributed by atoms with Crippen molar-refractivity contribution in [2.45, 2.75) is 61.8 Å². The molecule has 2 aromatic rings. The van der Waals surface area contributed by atoms with Crippen LogP contribution in [0.5, 0.6) is 0 Å². The third-order valence-electron chi connectivity index (χ3n) is 6.67. The zero-order valence-electron chi connectivity index (χ0n) is 17.2. The Morgan fingerprint density at radius 2 is 1.69 bits per heavy atom. The van der Waals surface area contributed by atoms with E-state index in [0.29, 0.717) is 29.1 Å². The SMILES string of the molecule is CC(C)CCC(N1CC2CC1CC2c1ccc(F)cc1)S(=O)(=O)c1ccccc1. The molecule has 1 heterocycles. The van der Waals surface area contributed by atoms with Gasteiger partial charge in [0, 0.05) is 12.6 Å². The van der Waals surface area contributed by atoms with Crippen molar-refractivity contribution in [2.24, 2.45) is 11.8 Å². The van der Waals surface area contributed by atoms with Crippen molar-refractivity contribution in [2.75, 3.05) is 6.54 Å². The van der Waals surface area contributed by atoms with Gasteiger partial charge in [0.05, 0.1) is 4.90 Å². The molecule has 2 bridgehead atoms. The average Bonchev–Trinajstić information content (AvgIpc) is 3.30. The average molecular weight is 416 g/mol. The molecule has 156 valence electrons. The molecule has 0 spiro atoms. The third-order valence-corrected chi connectivity index (χ3v) is 8.83. The van der Waals surface area contributed by atoms with E-state index >= 15 is 0 Å². The summed E-state index contributed by atoms with van der Waals surface area (Å²) >= 11 is 0. The number of piperidine rings is 1. The van der Waals surface area contributed by atoms with Crippen LogP contribution in [-0.4, -0.2) is 31.3 Å². The number of rotatable bonds is 7. The number of fused-ring (bicyclic) bond motifs is 2. The third kappa shape index (κ3) is 4.13. The van der Waals surface area contributed by atoms with E-state index in [0.717, 1.165) is 25.8 Å². The molecule has 3 nitrogen and oxygen atoms in total. The number of sulfone groups is 1. The second kappa shape index (κ2) is 8.19. The number of benzene rings is 2. The molecule has 2 fully saturated rings. The highest BCUT2D eigenvalue weighted by atomic mass is 32.2. The molecule has 0 N–H and O–H groups in total. The van der Waals surface area contributed by atoms with Crippen molar-refractivity contribution in [3.8, 4) is 0 Å². The van der Waals surface area contributed by atoms with Crippen LogP contribution in [0.3, 0.4) is 0 Å². The number of hydrogen-bond acceptors (Lipinski definition) is 3.